The minimum Gasteiger partial charge on any atom is -0.481 e. The lowest BCUT2D eigenvalue weighted by molar-refractivity contribution is -0.141. The number of hydrogen-bond donors (Lipinski definition) is 1. The van der Waals surface area contributed by atoms with E-state index < -0.39 is 17.8 Å². The molecule has 146 valence electrons. The maximum absolute atomic E-state index is 13.2. The van der Waals surface area contributed by atoms with Gasteiger partial charge in [-0.05, 0) is 36.8 Å². The lowest BCUT2D eigenvalue weighted by Crippen LogP contribution is -2.10. The number of aliphatic carboxylic acids is 1. The fourth-order valence-corrected chi connectivity index (χ4v) is 3.28. The van der Waals surface area contributed by atoms with Crippen LogP contribution in [-0.2, 0) is 11.0 Å². The van der Waals surface area contributed by atoms with Gasteiger partial charge in [-0.25, -0.2) is 9.97 Å². The van der Waals surface area contributed by atoms with Crippen molar-refractivity contribution in [1.29, 1.82) is 0 Å². The van der Waals surface area contributed by atoms with Crippen LogP contribution in [0.5, 0.6) is 0 Å². The summed E-state index contributed by atoms with van der Waals surface area (Å²) < 4.78 is 41.6. The van der Waals surface area contributed by atoms with Crippen molar-refractivity contribution in [1.82, 2.24) is 14.5 Å². The monoisotopic (exact) mass is 407 g/mol. The molecule has 0 aliphatic heterocycles. The normalized spacial score (nSPS) is 11.5. The van der Waals surface area contributed by atoms with Gasteiger partial charge >= 0.3 is 12.1 Å². The molecule has 0 bridgehead atoms. The number of rotatable bonds is 7. The molecule has 0 aliphatic carbocycles. The van der Waals surface area contributed by atoms with Crippen LogP contribution in [0.2, 0.25) is 0 Å². The Kier molecular flexibility index (Phi) is 6.03. The number of hydrogen-bond acceptors (Lipinski definition) is 4. The molecule has 1 N–H and O–H groups in total. The number of aromatic nitrogens is 3. The number of thioether (sulfide) groups is 1. The smallest absolute Gasteiger partial charge is 0.433 e. The summed E-state index contributed by atoms with van der Waals surface area (Å²) in [5.41, 5.74) is 0.563. The van der Waals surface area contributed by atoms with Crippen molar-refractivity contribution in [2.24, 2.45) is 0 Å². The van der Waals surface area contributed by atoms with Crippen molar-refractivity contribution in [2.45, 2.75) is 24.2 Å². The van der Waals surface area contributed by atoms with Crippen LogP contribution in [0.25, 0.3) is 16.9 Å². The molecule has 1 aromatic carbocycles. The zero-order chi connectivity index (χ0) is 20.1. The number of halogens is 3. The van der Waals surface area contributed by atoms with Crippen LogP contribution < -0.4 is 0 Å². The molecule has 0 unspecified atom stereocenters. The van der Waals surface area contributed by atoms with E-state index in [1.807, 2.05) is 29.1 Å². The van der Waals surface area contributed by atoms with Gasteiger partial charge in [-0.15, -0.1) is 0 Å². The van der Waals surface area contributed by atoms with Gasteiger partial charge in [0.1, 0.15) is 5.69 Å². The van der Waals surface area contributed by atoms with E-state index in [-0.39, 0.29) is 17.3 Å². The van der Waals surface area contributed by atoms with Gasteiger partial charge in [-0.3, -0.25) is 4.79 Å². The molecule has 3 rings (SSSR count). The number of carboxylic acid groups (broad SMARTS) is 1. The highest BCUT2D eigenvalue weighted by molar-refractivity contribution is 7.99. The molecular formula is C19H16F3N3O2S. The van der Waals surface area contributed by atoms with Crippen molar-refractivity contribution in [3.8, 4) is 16.9 Å². The fourth-order valence-electron chi connectivity index (χ4n) is 2.48. The average Bonchev–Trinajstić information content (AvgIpc) is 3.19. The summed E-state index contributed by atoms with van der Waals surface area (Å²) in [5.74, 6) is -0.631. The first kappa shape index (κ1) is 19.9. The quantitative estimate of drug-likeness (QED) is 0.342. The number of nitrogens with zero attached hydrogens (tertiary/aromatic N) is 3. The molecule has 0 saturated heterocycles. The number of carboxylic acids is 1. The van der Waals surface area contributed by atoms with Gasteiger partial charge in [0.2, 0.25) is 0 Å². The maximum Gasteiger partial charge on any atom is 0.433 e. The van der Waals surface area contributed by atoms with Gasteiger partial charge in [-0.2, -0.15) is 13.2 Å². The second-order valence-electron chi connectivity index (χ2n) is 5.90. The molecule has 0 aliphatic rings. The first-order valence-electron chi connectivity index (χ1n) is 8.37. The first-order valence-corrected chi connectivity index (χ1v) is 9.36. The summed E-state index contributed by atoms with van der Waals surface area (Å²) in [5, 5.41) is 8.63. The first-order chi connectivity index (χ1) is 13.3. The molecule has 0 saturated carbocycles. The summed E-state index contributed by atoms with van der Waals surface area (Å²) in [6.45, 7) is 0. The SMILES string of the molecule is O=C(O)CCCSc1nc(-c2ccc(-n3cccc3)cc2)cc(C(F)(F)F)n1. The third kappa shape index (κ3) is 5.13. The second-order valence-corrected chi connectivity index (χ2v) is 6.96. The Balaban J connectivity index is 1.86. The summed E-state index contributed by atoms with van der Waals surface area (Å²) in [7, 11) is 0. The van der Waals surface area contributed by atoms with Gasteiger partial charge < -0.3 is 9.67 Å². The fraction of sp³-hybridized carbons (Fsp3) is 0.211. The summed E-state index contributed by atoms with van der Waals surface area (Å²) in [6, 6.07) is 11.7. The minimum absolute atomic E-state index is 0.0234. The third-order valence-corrected chi connectivity index (χ3v) is 4.76. The van der Waals surface area contributed by atoms with Gasteiger partial charge in [0.05, 0.1) is 5.69 Å². The van der Waals surface area contributed by atoms with Crippen molar-refractivity contribution in [2.75, 3.05) is 5.75 Å². The van der Waals surface area contributed by atoms with Crippen molar-refractivity contribution in [3.05, 3.63) is 60.6 Å². The molecule has 0 spiro atoms. The van der Waals surface area contributed by atoms with E-state index in [1.165, 1.54) is 0 Å². The summed E-state index contributed by atoms with van der Waals surface area (Å²) >= 11 is 1.01. The van der Waals surface area contributed by atoms with Gasteiger partial charge in [0.15, 0.2) is 5.16 Å². The van der Waals surface area contributed by atoms with E-state index in [2.05, 4.69) is 9.97 Å². The van der Waals surface area contributed by atoms with Crippen molar-refractivity contribution in [3.63, 3.8) is 0 Å². The summed E-state index contributed by atoms with van der Waals surface area (Å²) in [4.78, 5) is 18.4. The lowest BCUT2D eigenvalue weighted by atomic mass is 10.1. The lowest BCUT2D eigenvalue weighted by Gasteiger charge is -2.11. The standard InChI is InChI=1S/C19H16F3N3O2S/c20-19(21,22)16-12-15(23-18(24-16)28-11-3-4-17(26)27)13-5-7-14(8-6-13)25-9-1-2-10-25/h1-2,5-10,12H,3-4,11H2,(H,26,27). The number of alkyl halides is 3. The number of benzene rings is 1. The van der Waals surface area contributed by atoms with Crippen LogP contribution in [0.15, 0.2) is 60.0 Å². The Morgan fingerprint density at radius 1 is 1.11 bits per heavy atom. The van der Waals surface area contributed by atoms with Crippen LogP contribution in [-0.4, -0.2) is 31.4 Å². The maximum atomic E-state index is 13.2. The van der Waals surface area contributed by atoms with Crippen molar-refractivity contribution >= 4 is 17.7 Å². The summed E-state index contributed by atoms with van der Waals surface area (Å²) in [6.07, 6.45) is -0.597. The van der Waals surface area contributed by atoms with Crippen molar-refractivity contribution < 1.29 is 23.1 Å². The van der Waals surface area contributed by atoms with Crippen LogP contribution in [0.3, 0.4) is 0 Å². The molecule has 0 amide bonds. The molecule has 0 atom stereocenters. The largest absolute Gasteiger partial charge is 0.481 e. The highest BCUT2D eigenvalue weighted by Crippen LogP contribution is 2.32. The predicted molar refractivity (Wildman–Crippen MR) is 99.4 cm³/mol. The Bertz CT molecular complexity index is 942. The van der Waals surface area contributed by atoms with Crippen LogP contribution >= 0.6 is 11.8 Å². The van der Waals surface area contributed by atoms with Crippen LogP contribution in [0.1, 0.15) is 18.5 Å². The van der Waals surface area contributed by atoms with E-state index in [1.54, 1.807) is 24.3 Å². The number of carbonyl (C=O) groups is 1. The second kappa shape index (κ2) is 8.47. The molecule has 0 radical (unpaired) electrons. The van der Waals surface area contributed by atoms with Crippen LogP contribution in [0.4, 0.5) is 13.2 Å². The Morgan fingerprint density at radius 2 is 1.79 bits per heavy atom. The Labute approximate surface area is 163 Å². The molecule has 9 heteroatoms. The van der Waals surface area contributed by atoms with E-state index in [0.717, 1.165) is 23.5 Å². The molecular weight excluding hydrogens is 391 g/mol. The molecule has 2 aromatic heterocycles. The highest BCUT2D eigenvalue weighted by atomic mass is 32.2. The average molecular weight is 407 g/mol. The third-order valence-electron chi connectivity index (χ3n) is 3.83. The van der Waals surface area contributed by atoms with E-state index >= 15 is 0 Å². The molecule has 2 heterocycles. The Hall–Kier alpha value is -2.81. The Morgan fingerprint density at radius 3 is 2.39 bits per heavy atom. The van der Waals surface area contributed by atoms with E-state index in [9.17, 15) is 18.0 Å². The minimum atomic E-state index is -4.60. The topological polar surface area (TPSA) is 68.0 Å². The zero-order valence-electron chi connectivity index (χ0n) is 14.6. The highest BCUT2D eigenvalue weighted by Gasteiger charge is 2.33. The van der Waals surface area contributed by atoms with Crippen LogP contribution in [0, 0.1) is 0 Å². The van der Waals surface area contributed by atoms with E-state index in [4.69, 9.17) is 5.11 Å². The zero-order valence-corrected chi connectivity index (χ0v) is 15.4. The molecule has 5 nitrogen and oxygen atoms in total. The van der Waals surface area contributed by atoms with Gasteiger partial charge in [0.25, 0.3) is 0 Å². The molecule has 3 aromatic rings. The predicted octanol–water partition coefficient (Wildman–Crippen LogP) is 4.91. The van der Waals surface area contributed by atoms with Gasteiger partial charge in [-0.1, -0.05) is 23.9 Å². The molecule has 0 fully saturated rings. The van der Waals surface area contributed by atoms with Gasteiger partial charge in [0, 0.05) is 35.8 Å². The molecule has 28 heavy (non-hydrogen) atoms. The van der Waals surface area contributed by atoms with E-state index in [0.29, 0.717) is 17.7 Å².